The molecule has 2 aliphatic heterocycles. The van der Waals surface area contributed by atoms with E-state index < -0.39 is 0 Å². The number of piperidine rings is 1. The molecule has 1 fully saturated rings. The molecule has 1 aromatic rings. The van der Waals surface area contributed by atoms with Gasteiger partial charge in [0.25, 0.3) is 5.91 Å². The summed E-state index contributed by atoms with van der Waals surface area (Å²) in [5, 5.41) is 5.41. The second-order valence-corrected chi connectivity index (χ2v) is 5.89. The van der Waals surface area contributed by atoms with E-state index in [0.29, 0.717) is 25.1 Å². The molecule has 0 aromatic carbocycles. The lowest BCUT2D eigenvalue weighted by molar-refractivity contribution is -0.131. The number of hydrogen-bond donors (Lipinski definition) is 0. The van der Waals surface area contributed by atoms with Gasteiger partial charge in [0.1, 0.15) is 11.5 Å². The number of carbonyl (C=O) groups excluding carboxylic acids is 2. The first-order chi connectivity index (χ1) is 10.6. The Kier molecular flexibility index (Phi) is 3.96. The number of hydrazone groups is 1. The van der Waals surface area contributed by atoms with Gasteiger partial charge in [-0.05, 0) is 19.8 Å². The molecule has 3 rings (SSSR count). The lowest BCUT2D eigenvalue weighted by atomic mass is 10.0. The van der Waals surface area contributed by atoms with Crippen molar-refractivity contribution in [2.45, 2.75) is 38.6 Å². The molecule has 0 spiro atoms. The van der Waals surface area contributed by atoms with Crippen molar-refractivity contribution in [1.29, 1.82) is 0 Å². The van der Waals surface area contributed by atoms with Crippen molar-refractivity contribution in [2.24, 2.45) is 5.10 Å². The summed E-state index contributed by atoms with van der Waals surface area (Å²) < 4.78 is 2.14. The summed E-state index contributed by atoms with van der Waals surface area (Å²) in [5.41, 5.74) is 0.491. The van der Waals surface area contributed by atoms with Crippen molar-refractivity contribution in [3.8, 4) is 0 Å². The monoisotopic (exact) mass is 303 g/mol. The molecule has 118 valence electrons. The number of imidazole rings is 1. The molecular formula is C15H21N5O2. The zero-order valence-corrected chi connectivity index (χ0v) is 13.0. The number of likely N-dealkylation sites (tertiary alicyclic amines) is 1. The minimum Gasteiger partial charge on any atom is -0.335 e. The number of rotatable bonds is 2. The van der Waals surface area contributed by atoms with E-state index in [0.717, 1.165) is 25.2 Å². The molecular weight excluding hydrogens is 282 g/mol. The van der Waals surface area contributed by atoms with Crippen LogP contribution in [0.15, 0.2) is 17.5 Å². The van der Waals surface area contributed by atoms with Crippen molar-refractivity contribution in [1.82, 2.24) is 19.5 Å². The maximum atomic E-state index is 12.6. The van der Waals surface area contributed by atoms with Gasteiger partial charge in [-0.2, -0.15) is 5.10 Å². The van der Waals surface area contributed by atoms with E-state index >= 15 is 0 Å². The topological polar surface area (TPSA) is 70.8 Å². The van der Waals surface area contributed by atoms with Gasteiger partial charge in [0.2, 0.25) is 5.91 Å². The molecule has 0 radical (unpaired) electrons. The fourth-order valence-corrected chi connectivity index (χ4v) is 3.15. The van der Waals surface area contributed by atoms with Gasteiger partial charge in [-0.15, -0.1) is 0 Å². The van der Waals surface area contributed by atoms with Crippen LogP contribution in [-0.2, 0) is 9.59 Å². The molecule has 0 N–H and O–H groups in total. The van der Waals surface area contributed by atoms with Crippen molar-refractivity contribution >= 4 is 17.5 Å². The zero-order valence-electron chi connectivity index (χ0n) is 13.0. The van der Waals surface area contributed by atoms with Crippen LogP contribution in [0.4, 0.5) is 0 Å². The second kappa shape index (κ2) is 5.90. The third kappa shape index (κ3) is 2.75. The highest BCUT2D eigenvalue weighted by molar-refractivity contribution is 6.39. The lowest BCUT2D eigenvalue weighted by Crippen LogP contribution is -2.45. The first-order valence-electron chi connectivity index (χ1n) is 7.69. The maximum absolute atomic E-state index is 12.6. The number of aromatic nitrogens is 2. The standard InChI is InChI=1S/C15H21N5O2/c1-11-16-7-9-20(11)12-4-3-8-19(10-12)15(22)13-5-6-14(21)18(2)17-13/h7,9,12H,3-6,8,10H2,1-2H3. The lowest BCUT2D eigenvalue weighted by Gasteiger charge is -2.34. The molecule has 0 bridgehead atoms. The van der Waals surface area contributed by atoms with Crippen molar-refractivity contribution < 1.29 is 9.59 Å². The quantitative estimate of drug-likeness (QED) is 0.817. The van der Waals surface area contributed by atoms with Crippen molar-refractivity contribution in [2.75, 3.05) is 20.1 Å². The highest BCUT2D eigenvalue weighted by Gasteiger charge is 2.30. The number of amides is 2. The molecule has 0 aliphatic carbocycles. The van der Waals surface area contributed by atoms with E-state index in [-0.39, 0.29) is 17.9 Å². The molecule has 2 aliphatic rings. The molecule has 1 unspecified atom stereocenters. The van der Waals surface area contributed by atoms with Gasteiger partial charge >= 0.3 is 0 Å². The van der Waals surface area contributed by atoms with Crippen LogP contribution in [0.5, 0.6) is 0 Å². The summed E-state index contributed by atoms with van der Waals surface area (Å²) in [4.78, 5) is 30.2. The molecule has 1 atom stereocenters. The fourth-order valence-electron chi connectivity index (χ4n) is 3.15. The van der Waals surface area contributed by atoms with Gasteiger partial charge in [-0.3, -0.25) is 9.59 Å². The summed E-state index contributed by atoms with van der Waals surface area (Å²) in [7, 11) is 1.60. The first-order valence-corrected chi connectivity index (χ1v) is 7.69. The highest BCUT2D eigenvalue weighted by atomic mass is 16.2. The molecule has 3 heterocycles. The minimum absolute atomic E-state index is 0.0397. The number of nitrogens with zero attached hydrogens (tertiary/aromatic N) is 5. The maximum Gasteiger partial charge on any atom is 0.270 e. The first kappa shape index (κ1) is 14.7. The fraction of sp³-hybridized carbons (Fsp3) is 0.600. The van der Waals surface area contributed by atoms with Crippen LogP contribution < -0.4 is 0 Å². The normalized spacial score (nSPS) is 22.7. The third-order valence-corrected chi connectivity index (χ3v) is 4.39. The Morgan fingerprint density at radius 3 is 2.86 bits per heavy atom. The average molecular weight is 303 g/mol. The van der Waals surface area contributed by atoms with Crippen LogP contribution in [0.3, 0.4) is 0 Å². The van der Waals surface area contributed by atoms with Crippen LogP contribution in [0, 0.1) is 6.92 Å². The molecule has 7 heteroatoms. The second-order valence-electron chi connectivity index (χ2n) is 5.89. The summed E-state index contributed by atoms with van der Waals surface area (Å²) in [5.74, 6) is 0.892. The van der Waals surface area contributed by atoms with E-state index in [2.05, 4.69) is 14.7 Å². The molecule has 0 saturated carbocycles. The van der Waals surface area contributed by atoms with Gasteiger partial charge in [0, 0.05) is 45.4 Å². The summed E-state index contributed by atoms with van der Waals surface area (Å²) in [6.07, 6.45) is 6.58. The van der Waals surface area contributed by atoms with Crippen molar-refractivity contribution in [3.63, 3.8) is 0 Å². The van der Waals surface area contributed by atoms with E-state index in [1.807, 2.05) is 18.0 Å². The van der Waals surface area contributed by atoms with E-state index in [9.17, 15) is 9.59 Å². The molecule has 1 aromatic heterocycles. The van der Waals surface area contributed by atoms with E-state index in [1.54, 1.807) is 13.2 Å². The highest BCUT2D eigenvalue weighted by Crippen LogP contribution is 2.23. The molecule has 22 heavy (non-hydrogen) atoms. The molecule has 2 amide bonds. The smallest absolute Gasteiger partial charge is 0.270 e. The van der Waals surface area contributed by atoms with Gasteiger partial charge < -0.3 is 9.47 Å². The Hall–Kier alpha value is -2.18. The van der Waals surface area contributed by atoms with Gasteiger partial charge in [-0.1, -0.05) is 0 Å². The largest absolute Gasteiger partial charge is 0.335 e. The summed E-state index contributed by atoms with van der Waals surface area (Å²) >= 11 is 0. The summed E-state index contributed by atoms with van der Waals surface area (Å²) in [6.45, 7) is 3.40. The predicted octanol–water partition coefficient (Wildman–Crippen LogP) is 0.963. The van der Waals surface area contributed by atoms with Crippen LogP contribution >= 0.6 is 0 Å². The Bertz CT molecular complexity index is 621. The van der Waals surface area contributed by atoms with Crippen LogP contribution in [-0.4, -0.2) is 57.1 Å². The Morgan fingerprint density at radius 2 is 2.18 bits per heavy atom. The van der Waals surface area contributed by atoms with Crippen LogP contribution in [0.25, 0.3) is 0 Å². The van der Waals surface area contributed by atoms with E-state index in [1.165, 1.54) is 5.01 Å². The minimum atomic E-state index is -0.0400. The Morgan fingerprint density at radius 1 is 1.36 bits per heavy atom. The third-order valence-electron chi connectivity index (χ3n) is 4.39. The van der Waals surface area contributed by atoms with Crippen LogP contribution in [0.2, 0.25) is 0 Å². The Balaban J connectivity index is 1.72. The van der Waals surface area contributed by atoms with Gasteiger partial charge in [0.15, 0.2) is 0 Å². The zero-order chi connectivity index (χ0) is 15.7. The molecule has 7 nitrogen and oxygen atoms in total. The Labute approximate surface area is 129 Å². The SMILES string of the molecule is Cc1nccn1C1CCCN(C(=O)C2=NN(C)C(=O)CC2)C1. The number of hydrogen-bond acceptors (Lipinski definition) is 4. The average Bonchev–Trinajstić information content (AvgIpc) is 2.95. The molecule has 1 saturated heterocycles. The van der Waals surface area contributed by atoms with Gasteiger partial charge in [-0.25, -0.2) is 9.99 Å². The van der Waals surface area contributed by atoms with Crippen molar-refractivity contribution in [3.05, 3.63) is 18.2 Å². The van der Waals surface area contributed by atoms with E-state index in [4.69, 9.17) is 0 Å². The predicted molar refractivity (Wildman–Crippen MR) is 81.3 cm³/mol. The summed E-state index contributed by atoms with van der Waals surface area (Å²) in [6, 6.07) is 0.267. The number of carbonyl (C=O) groups is 2. The number of aryl methyl sites for hydroxylation is 1. The van der Waals surface area contributed by atoms with Gasteiger partial charge in [0.05, 0.1) is 6.04 Å². The van der Waals surface area contributed by atoms with Crippen LogP contribution in [0.1, 0.15) is 37.5 Å².